The average Bonchev–Trinajstić information content (AvgIpc) is 2.85. The lowest BCUT2D eigenvalue weighted by molar-refractivity contribution is 0.0597. The fraction of sp³-hybridized carbons (Fsp3) is 0.308. The Labute approximate surface area is 189 Å². The summed E-state index contributed by atoms with van der Waals surface area (Å²) in [6.45, 7) is 0. The number of aryl methyl sites for hydroxylation is 4. The molecule has 0 aliphatic carbocycles. The molecule has 0 fully saturated rings. The molecule has 1 aromatic heterocycles. The smallest absolute Gasteiger partial charge is 0.341 e. The highest BCUT2D eigenvalue weighted by Crippen LogP contribution is 2.24. The fourth-order valence-corrected chi connectivity index (χ4v) is 3.57. The van der Waals surface area contributed by atoms with Crippen LogP contribution in [0, 0.1) is 0 Å². The maximum Gasteiger partial charge on any atom is 0.341 e. The lowest BCUT2D eigenvalue weighted by Crippen LogP contribution is -2.05. The molecule has 32 heavy (non-hydrogen) atoms. The summed E-state index contributed by atoms with van der Waals surface area (Å²) in [6, 6.07) is 13.7. The number of nitrogens with zero attached hydrogens (tertiary/aromatic N) is 1. The Morgan fingerprint density at radius 1 is 0.688 bits per heavy atom. The van der Waals surface area contributed by atoms with Crippen LogP contribution in [0.1, 0.15) is 32.6 Å². The van der Waals surface area contributed by atoms with Gasteiger partial charge in [-0.1, -0.05) is 12.1 Å². The lowest BCUT2D eigenvalue weighted by atomic mass is 10.0. The quantitative estimate of drug-likeness (QED) is 0.438. The number of benzene rings is 2. The molecule has 6 heteroatoms. The minimum Gasteiger partial charge on any atom is -0.497 e. The van der Waals surface area contributed by atoms with E-state index in [-0.39, 0.29) is 0 Å². The van der Waals surface area contributed by atoms with Gasteiger partial charge in [-0.15, -0.1) is 0 Å². The molecule has 0 atom stereocenters. The first kappa shape index (κ1) is 23.1. The molecule has 1 heterocycles. The second-order valence-electron chi connectivity index (χ2n) is 7.45. The molecule has 0 N–H and O–H groups in total. The van der Waals surface area contributed by atoms with Gasteiger partial charge in [-0.2, -0.15) is 0 Å². The molecule has 0 unspecified atom stereocenters. The summed E-state index contributed by atoms with van der Waals surface area (Å²) in [7, 11) is 6.23. The molecule has 0 saturated heterocycles. The molecule has 0 saturated carbocycles. The SMILES string of the molecule is COC(=O)c1ccc(CCc2cncc(CCc3cc(OC)cc(OC)c3)c2)cc1OC. The van der Waals surface area contributed by atoms with Crippen LogP contribution in [-0.2, 0) is 30.4 Å². The third-order valence-electron chi connectivity index (χ3n) is 5.34. The van der Waals surface area contributed by atoms with Gasteiger partial charge in [-0.3, -0.25) is 4.98 Å². The summed E-state index contributed by atoms with van der Waals surface area (Å²) in [5.74, 6) is 1.70. The molecular formula is C26H29NO5. The van der Waals surface area contributed by atoms with Crippen molar-refractivity contribution in [2.24, 2.45) is 0 Å². The van der Waals surface area contributed by atoms with Crippen LogP contribution in [0.2, 0.25) is 0 Å². The molecule has 6 nitrogen and oxygen atoms in total. The van der Waals surface area contributed by atoms with E-state index < -0.39 is 5.97 Å². The summed E-state index contributed by atoms with van der Waals surface area (Å²) in [6.07, 6.45) is 7.21. The van der Waals surface area contributed by atoms with Crippen LogP contribution >= 0.6 is 0 Å². The molecule has 168 valence electrons. The van der Waals surface area contributed by atoms with E-state index in [1.807, 2.05) is 42.7 Å². The normalized spacial score (nSPS) is 10.5. The number of esters is 1. The van der Waals surface area contributed by atoms with E-state index >= 15 is 0 Å². The van der Waals surface area contributed by atoms with Gasteiger partial charge >= 0.3 is 5.97 Å². The summed E-state index contributed by atoms with van der Waals surface area (Å²) in [5, 5.41) is 0. The zero-order valence-corrected chi connectivity index (χ0v) is 19.0. The topological polar surface area (TPSA) is 66.9 Å². The minimum absolute atomic E-state index is 0.404. The van der Waals surface area contributed by atoms with Gasteiger partial charge in [0.1, 0.15) is 22.8 Å². The van der Waals surface area contributed by atoms with Crippen molar-refractivity contribution in [1.29, 1.82) is 0 Å². The Hall–Kier alpha value is -3.54. The van der Waals surface area contributed by atoms with Gasteiger partial charge in [0.05, 0.1) is 28.4 Å². The number of methoxy groups -OCH3 is 4. The number of hydrogen-bond donors (Lipinski definition) is 0. The molecule has 0 radical (unpaired) electrons. The summed E-state index contributed by atoms with van der Waals surface area (Å²) >= 11 is 0. The van der Waals surface area contributed by atoms with E-state index in [1.165, 1.54) is 18.2 Å². The highest BCUT2D eigenvalue weighted by Gasteiger charge is 2.13. The van der Waals surface area contributed by atoms with Gasteiger partial charge in [-0.05, 0) is 72.2 Å². The van der Waals surface area contributed by atoms with E-state index in [4.69, 9.17) is 18.9 Å². The monoisotopic (exact) mass is 435 g/mol. The van der Waals surface area contributed by atoms with Crippen LogP contribution < -0.4 is 14.2 Å². The number of aromatic nitrogens is 1. The standard InChI is InChI=1S/C26H29NO5/c1-29-22-12-19(13-23(15-22)30-2)6-8-21-11-20(16-27-17-21)7-5-18-9-10-24(26(28)32-4)25(14-18)31-3/h9-17H,5-8H2,1-4H3. The second kappa shape index (κ2) is 11.2. The van der Waals surface area contributed by atoms with Gasteiger partial charge < -0.3 is 18.9 Å². The van der Waals surface area contributed by atoms with Gasteiger partial charge in [0.15, 0.2) is 0 Å². The van der Waals surface area contributed by atoms with Crippen molar-refractivity contribution in [2.45, 2.75) is 25.7 Å². The summed E-state index contributed by atoms with van der Waals surface area (Å²) in [4.78, 5) is 16.3. The first-order valence-corrected chi connectivity index (χ1v) is 10.5. The third-order valence-corrected chi connectivity index (χ3v) is 5.34. The van der Waals surface area contributed by atoms with E-state index in [9.17, 15) is 4.79 Å². The van der Waals surface area contributed by atoms with E-state index in [0.717, 1.165) is 48.3 Å². The zero-order valence-electron chi connectivity index (χ0n) is 19.0. The van der Waals surface area contributed by atoms with Crippen LogP contribution in [-0.4, -0.2) is 39.4 Å². The maximum absolute atomic E-state index is 11.8. The minimum atomic E-state index is -0.404. The van der Waals surface area contributed by atoms with Crippen molar-refractivity contribution in [2.75, 3.05) is 28.4 Å². The molecule has 3 rings (SSSR count). The van der Waals surface area contributed by atoms with E-state index in [0.29, 0.717) is 11.3 Å². The van der Waals surface area contributed by atoms with Crippen LogP contribution in [0.15, 0.2) is 54.9 Å². The van der Waals surface area contributed by atoms with Gasteiger partial charge in [0.2, 0.25) is 0 Å². The van der Waals surface area contributed by atoms with Crippen molar-refractivity contribution < 1.29 is 23.7 Å². The molecule has 0 bridgehead atoms. The molecule has 3 aromatic rings. The number of ether oxygens (including phenoxy) is 4. The van der Waals surface area contributed by atoms with Crippen LogP contribution in [0.25, 0.3) is 0 Å². The van der Waals surface area contributed by atoms with Crippen LogP contribution in [0.4, 0.5) is 0 Å². The number of pyridine rings is 1. The van der Waals surface area contributed by atoms with E-state index in [2.05, 4.69) is 11.1 Å². The number of carbonyl (C=O) groups excluding carboxylic acids is 1. The van der Waals surface area contributed by atoms with Crippen molar-refractivity contribution >= 4 is 5.97 Å². The lowest BCUT2D eigenvalue weighted by Gasteiger charge is -2.10. The van der Waals surface area contributed by atoms with Gasteiger partial charge in [-0.25, -0.2) is 4.79 Å². The maximum atomic E-state index is 11.8. The van der Waals surface area contributed by atoms with Gasteiger partial charge in [0, 0.05) is 18.5 Å². The van der Waals surface area contributed by atoms with E-state index in [1.54, 1.807) is 27.4 Å². The Kier molecular flexibility index (Phi) is 8.08. The predicted molar refractivity (Wildman–Crippen MR) is 123 cm³/mol. The number of hydrogen-bond acceptors (Lipinski definition) is 6. The van der Waals surface area contributed by atoms with Gasteiger partial charge in [0.25, 0.3) is 0 Å². The predicted octanol–water partition coefficient (Wildman–Crippen LogP) is 4.46. The van der Waals surface area contributed by atoms with Crippen molar-refractivity contribution in [1.82, 2.24) is 4.98 Å². The molecule has 0 amide bonds. The third kappa shape index (κ3) is 6.00. The fourth-order valence-electron chi connectivity index (χ4n) is 3.57. The zero-order chi connectivity index (χ0) is 22.9. The Morgan fingerprint density at radius 3 is 1.84 bits per heavy atom. The molecular weight excluding hydrogens is 406 g/mol. The first-order valence-electron chi connectivity index (χ1n) is 10.5. The second-order valence-corrected chi connectivity index (χ2v) is 7.45. The highest BCUT2D eigenvalue weighted by atomic mass is 16.5. The first-order chi connectivity index (χ1) is 15.6. The summed E-state index contributed by atoms with van der Waals surface area (Å²) in [5.41, 5.74) is 5.02. The Bertz CT molecular complexity index is 1040. The molecule has 0 spiro atoms. The number of rotatable bonds is 10. The Balaban J connectivity index is 1.64. The van der Waals surface area contributed by atoms with Crippen molar-refractivity contribution in [3.05, 3.63) is 82.7 Å². The van der Waals surface area contributed by atoms with Crippen LogP contribution in [0.3, 0.4) is 0 Å². The molecule has 0 aliphatic heterocycles. The molecule has 0 aliphatic rings. The summed E-state index contributed by atoms with van der Waals surface area (Å²) < 4.78 is 20.9. The van der Waals surface area contributed by atoms with Crippen molar-refractivity contribution in [3.8, 4) is 17.2 Å². The largest absolute Gasteiger partial charge is 0.497 e. The highest BCUT2D eigenvalue weighted by molar-refractivity contribution is 5.92. The van der Waals surface area contributed by atoms with Crippen LogP contribution in [0.5, 0.6) is 17.2 Å². The average molecular weight is 436 g/mol. The molecule has 2 aromatic carbocycles. The Morgan fingerprint density at radius 2 is 1.28 bits per heavy atom. The number of carbonyl (C=O) groups is 1. The van der Waals surface area contributed by atoms with Crippen molar-refractivity contribution in [3.63, 3.8) is 0 Å².